The molecule has 0 aliphatic rings. The predicted molar refractivity (Wildman–Crippen MR) is 57.4 cm³/mol. The highest BCUT2D eigenvalue weighted by atomic mass is 79.9. The summed E-state index contributed by atoms with van der Waals surface area (Å²) in [6.07, 6.45) is 0. The molecule has 1 rings (SSSR count). The van der Waals surface area contributed by atoms with Gasteiger partial charge in [0.1, 0.15) is 0 Å². The Morgan fingerprint density at radius 2 is 2.00 bits per heavy atom. The summed E-state index contributed by atoms with van der Waals surface area (Å²) >= 11 is 2.58. The molecule has 0 fully saturated rings. The molecule has 3 nitrogen and oxygen atoms in total. The van der Waals surface area contributed by atoms with Gasteiger partial charge < -0.3 is 0 Å². The molecule has 88 valence electrons. The van der Waals surface area contributed by atoms with Crippen molar-refractivity contribution in [3.05, 3.63) is 32.3 Å². The van der Waals surface area contributed by atoms with Crippen molar-refractivity contribution in [1.29, 1.82) is 0 Å². The van der Waals surface area contributed by atoms with Crippen LogP contribution in [-0.2, 0) is 0 Å². The third-order valence-corrected chi connectivity index (χ3v) is 3.05. The van der Waals surface area contributed by atoms with Crippen LogP contribution in [0.5, 0.6) is 0 Å². The largest absolute Gasteiger partial charge is 0.446 e. The van der Waals surface area contributed by atoms with E-state index in [2.05, 4.69) is 15.9 Å². The van der Waals surface area contributed by atoms with Gasteiger partial charge in [0, 0.05) is 21.0 Å². The summed E-state index contributed by atoms with van der Waals surface area (Å²) < 4.78 is 36.7. The first-order valence-corrected chi connectivity index (χ1v) is 5.52. The molecule has 0 aromatic heterocycles. The lowest BCUT2D eigenvalue weighted by atomic mass is 10.2. The molecule has 16 heavy (non-hydrogen) atoms. The quantitative estimate of drug-likeness (QED) is 0.465. The molecule has 0 saturated heterocycles. The first-order valence-electron chi connectivity index (χ1n) is 3.91. The molecule has 0 bridgehead atoms. The van der Waals surface area contributed by atoms with Crippen LogP contribution in [0.25, 0.3) is 0 Å². The highest BCUT2D eigenvalue weighted by Crippen LogP contribution is 2.41. The topological polar surface area (TPSA) is 43.1 Å². The minimum atomic E-state index is -4.46. The maximum Gasteiger partial charge on any atom is 0.446 e. The standard InChI is InChI=1S/C8H5BrF3NO2S/c1-4-6(13(14)15)2-5(9)3-7(4)16-8(10,11)12/h2-3H,1H3. The molecule has 0 N–H and O–H groups in total. The number of benzene rings is 1. The zero-order valence-electron chi connectivity index (χ0n) is 7.84. The lowest BCUT2D eigenvalue weighted by molar-refractivity contribution is -0.385. The molecule has 0 aliphatic carbocycles. The van der Waals surface area contributed by atoms with E-state index in [1.54, 1.807) is 0 Å². The van der Waals surface area contributed by atoms with E-state index in [0.29, 0.717) is 0 Å². The number of hydrogen-bond acceptors (Lipinski definition) is 3. The summed E-state index contributed by atoms with van der Waals surface area (Å²) in [6.45, 7) is 1.29. The summed E-state index contributed by atoms with van der Waals surface area (Å²) in [5, 5.41) is 10.6. The number of halogens is 4. The summed E-state index contributed by atoms with van der Waals surface area (Å²) in [5.41, 5.74) is -4.78. The van der Waals surface area contributed by atoms with Crippen LogP contribution in [0.1, 0.15) is 5.56 Å². The lowest BCUT2D eigenvalue weighted by Gasteiger charge is -2.09. The highest BCUT2D eigenvalue weighted by molar-refractivity contribution is 9.10. The number of nitro benzene ring substituents is 1. The molecular formula is C8H5BrF3NO2S. The van der Waals surface area contributed by atoms with E-state index in [1.165, 1.54) is 19.1 Å². The van der Waals surface area contributed by atoms with Gasteiger partial charge in [-0.15, -0.1) is 0 Å². The van der Waals surface area contributed by atoms with E-state index >= 15 is 0 Å². The molecule has 0 atom stereocenters. The van der Waals surface area contributed by atoms with Gasteiger partial charge >= 0.3 is 5.51 Å². The zero-order valence-corrected chi connectivity index (χ0v) is 10.2. The molecule has 1 aromatic carbocycles. The monoisotopic (exact) mass is 315 g/mol. The van der Waals surface area contributed by atoms with Gasteiger partial charge in [0.05, 0.1) is 4.92 Å². The SMILES string of the molecule is Cc1c(SC(F)(F)F)cc(Br)cc1[N+](=O)[O-]. The van der Waals surface area contributed by atoms with E-state index in [4.69, 9.17) is 0 Å². The molecule has 0 radical (unpaired) electrons. The van der Waals surface area contributed by atoms with Gasteiger partial charge in [0.2, 0.25) is 0 Å². The van der Waals surface area contributed by atoms with Crippen LogP contribution in [-0.4, -0.2) is 10.4 Å². The third-order valence-electron chi connectivity index (χ3n) is 1.72. The van der Waals surface area contributed by atoms with Crippen LogP contribution in [0.3, 0.4) is 0 Å². The maximum absolute atomic E-state index is 12.2. The number of rotatable bonds is 2. The van der Waals surface area contributed by atoms with Crippen molar-refractivity contribution in [1.82, 2.24) is 0 Å². The fourth-order valence-corrected chi connectivity index (χ4v) is 2.35. The van der Waals surface area contributed by atoms with Gasteiger partial charge in [-0.05, 0) is 24.8 Å². The van der Waals surface area contributed by atoms with E-state index in [-0.39, 0.29) is 32.4 Å². The van der Waals surface area contributed by atoms with E-state index in [9.17, 15) is 23.3 Å². The molecule has 1 aromatic rings. The second-order valence-electron chi connectivity index (χ2n) is 2.85. The van der Waals surface area contributed by atoms with Crippen LogP contribution in [0.15, 0.2) is 21.5 Å². The van der Waals surface area contributed by atoms with Gasteiger partial charge in [-0.25, -0.2) is 0 Å². The van der Waals surface area contributed by atoms with Crippen LogP contribution in [0, 0.1) is 17.0 Å². The zero-order chi connectivity index (χ0) is 12.5. The normalized spacial score (nSPS) is 11.6. The smallest absolute Gasteiger partial charge is 0.258 e. The van der Waals surface area contributed by atoms with E-state index in [0.717, 1.165) is 0 Å². The van der Waals surface area contributed by atoms with Crippen molar-refractivity contribution in [2.24, 2.45) is 0 Å². The van der Waals surface area contributed by atoms with E-state index in [1.807, 2.05) is 0 Å². The number of thioether (sulfide) groups is 1. The first kappa shape index (κ1) is 13.3. The molecule has 8 heteroatoms. The molecular weight excluding hydrogens is 311 g/mol. The summed E-state index contributed by atoms with van der Waals surface area (Å²) in [7, 11) is 0. The van der Waals surface area contributed by atoms with Gasteiger partial charge in [0.25, 0.3) is 5.69 Å². The number of hydrogen-bond donors (Lipinski definition) is 0. The highest BCUT2D eigenvalue weighted by Gasteiger charge is 2.31. The summed E-state index contributed by atoms with van der Waals surface area (Å²) in [6, 6.07) is 2.39. The molecule has 0 heterocycles. The Labute approximate surface area is 101 Å². The van der Waals surface area contributed by atoms with Crippen molar-refractivity contribution in [2.45, 2.75) is 17.3 Å². The van der Waals surface area contributed by atoms with Crippen molar-refractivity contribution in [3.63, 3.8) is 0 Å². The number of nitro groups is 1. The summed E-state index contributed by atoms with van der Waals surface area (Å²) in [5.74, 6) is 0. The van der Waals surface area contributed by atoms with E-state index < -0.39 is 10.4 Å². The molecule has 0 saturated carbocycles. The Bertz CT molecular complexity index is 436. The molecule has 0 amide bonds. The molecule has 0 unspecified atom stereocenters. The van der Waals surface area contributed by atoms with Crippen LogP contribution in [0.2, 0.25) is 0 Å². The number of alkyl halides is 3. The van der Waals surface area contributed by atoms with Crippen molar-refractivity contribution < 1.29 is 18.1 Å². The Hall–Kier alpha value is -0.760. The second-order valence-corrected chi connectivity index (χ2v) is 4.88. The maximum atomic E-state index is 12.2. The van der Waals surface area contributed by atoms with Crippen molar-refractivity contribution >= 4 is 33.4 Å². The van der Waals surface area contributed by atoms with Crippen LogP contribution < -0.4 is 0 Å². The average molecular weight is 316 g/mol. The fraction of sp³-hybridized carbons (Fsp3) is 0.250. The molecule has 0 spiro atoms. The predicted octanol–water partition coefficient (Wildman–Crippen LogP) is 4.28. The Kier molecular flexibility index (Phi) is 3.84. The minimum Gasteiger partial charge on any atom is -0.258 e. The van der Waals surface area contributed by atoms with Crippen molar-refractivity contribution in [2.75, 3.05) is 0 Å². The van der Waals surface area contributed by atoms with Gasteiger partial charge in [0.15, 0.2) is 0 Å². The fourth-order valence-electron chi connectivity index (χ4n) is 1.06. The van der Waals surface area contributed by atoms with Crippen LogP contribution >= 0.6 is 27.7 Å². The first-order chi connectivity index (χ1) is 7.20. The minimum absolute atomic E-state index is 0.00975. The second kappa shape index (κ2) is 4.62. The number of nitrogens with zero attached hydrogens (tertiary/aromatic N) is 1. The van der Waals surface area contributed by atoms with Gasteiger partial charge in [-0.1, -0.05) is 15.9 Å². The van der Waals surface area contributed by atoms with Crippen LogP contribution in [0.4, 0.5) is 18.9 Å². The van der Waals surface area contributed by atoms with Gasteiger partial charge in [-0.2, -0.15) is 13.2 Å². The summed E-state index contributed by atoms with van der Waals surface area (Å²) in [4.78, 5) is 9.71. The Balaban J connectivity index is 3.25. The van der Waals surface area contributed by atoms with Crippen molar-refractivity contribution in [3.8, 4) is 0 Å². The third kappa shape index (κ3) is 3.38. The Morgan fingerprint density at radius 3 is 2.44 bits per heavy atom. The average Bonchev–Trinajstić information content (AvgIpc) is 2.07. The Morgan fingerprint density at radius 1 is 1.44 bits per heavy atom. The lowest BCUT2D eigenvalue weighted by Crippen LogP contribution is -2.01. The van der Waals surface area contributed by atoms with Gasteiger partial charge in [-0.3, -0.25) is 10.1 Å². The molecule has 0 aliphatic heterocycles.